The SMILES string of the molecule is COc1ccc(CNC(=O)c2ccc(C(C)C)nn2)cc1OC. The molecule has 1 heterocycles. The van der Waals surface area contributed by atoms with Crippen LogP contribution in [0.2, 0.25) is 0 Å². The largest absolute Gasteiger partial charge is 0.493 e. The second-order valence-electron chi connectivity index (χ2n) is 5.37. The monoisotopic (exact) mass is 315 g/mol. The molecular formula is C17H21N3O3. The van der Waals surface area contributed by atoms with Crippen LogP contribution in [0.25, 0.3) is 0 Å². The molecule has 0 aliphatic heterocycles. The highest BCUT2D eigenvalue weighted by Gasteiger charge is 2.10. The number of methoxy groups -OCH3 is 2. The smallest absolute Gasteiger partial charge is 0.272 e. The summed E-state index contributed by atoms with van der Waals surface area (Å²) in [7, 11) is 3.16. The molecule has 0 radical (unpaired) electrons. The Morgan fingerprint density at radius 1 is 1.09 bits per heavy atom. The number of hydrogen-bond acceptors (Lipinski definition) is 5. The van der Waals surface area contributed by atoms with Gasteiger partial charge in [-0.05, 0) is 35.7 Å². The Morgan fingerprint density at radius 2 is 1.83 bits per heavy atom. The van der Waals surface area contributed by atoms with Crippen LogP contribution in [0.3, 0.4) is 0 Å². The highest BCUT2D eigenvalue weighted by atomic mass is 16.5. The molecule has 0 bridgehead atoms. The van der Waals surface area contributed by atoms with E-state index in [1.165, 1.54) is 0 Å². The number of amides is 1. The van der Waals surface area contributed by atoms with Crippen LogP contribution in [0.1, 0.15) is 41.5 Å². The van der Waals surface area contributed by atoms with Crippen LogP contribution in [0.15, 0.2) is 30.3 Å². The number of carbonyl (C=O) groups is 1. The van der Waals surface area contributed by atoms with Crippen molar-refractivity contribution in [2.24, 2.45) is 0 Å². The van der Waals surface area contributed by atoms with Crippen molar-refractivity contribution in [1.29, 1.82) is 0 Å². The normalized spacial score (nSPS) is 10.5. The molecule has 0 fully saturated rings. The molecule has 1 aromatic carbocycles. The Hall–Kier alpha value is -2.63. The molecule has 0 spiro atoms. The van der Waals surface area contributed by atoms with E-state index in [0.29, 0.717) is 23.7 Å². The van der Waals surface area contributed by atoms with E-state index in [2.05, 4.69) is 15.5 Å². The Balaban J connectivity index is 2.01. The van der Waals surface area contributed by atoms with Gasteiger partial charge in [-0.3, -0.25) is 4.79 Å². The summed E-state index contributed by atoms with van der Waals surface area (Å²) in [6.07, 6.45) is 0. The Morgan fingerprint density at radius 3 is 2.39 bits per heavy atom. The van der Waals surface area contributed by atoms with E-state index < -0.39 is 0 Å². The van der Waals surface area contributed by atoms with Crippen molar-refractivity contribution in [3.63, 3.8) is 0 Å². The van der Waals surface area contributed by atoms with Crippen LogP contribution in [0, 0.1) is 0 Å². The van der Waals surface area contributed by atoms with E-state index in [1.807, 2.05) is 32.0 Å². The van der Waals surface area contributed by atoms with Gasteiger partial charge in [0.05, 0.1) is 19.9 Å². The van der Waals surface area contributed by atoms with Crippen molar-refractivity contribution in [3.8, 4) is 11.5 Å². The highest BCUT2D eigenvalue weighted by molar-refractivity contribution is 5.91. The van der Waals surface area contributed by atoms with Gasteiger partial charge in [0, 0.05) is 6.54 Å². The molecule has 122 valence electrons. The van der Waals surface area contributed by atoms with E-state index in [0.717, 1.165) is 11.3 Å². The van der Waals surface area contributed by atoms with Gasteiger partial charge in [0.1, 0.15) is 0 Å². The van der Waals surface area contributed by atoms with Crippen LogP contribution >= 0.6 is 0 Å². The summed E-state index contributed by atoms with van der Waals surface area (Å²) in [4.78, 5) is 12.1. The van der Waals surface area contributed by atoms with Crippen molar-refractivity contribution in [3.05, 3.63) is 47.3 Å². The molecule has 0 unspecified atom stereocenters. The number of aromatic nitrogens is 2. The molecule has 0 atom stereocenters. The van der Waals surface area contributed by atoms with E-state index in [-0.39, 0.29) is 11.8 Å². The highest BCUT2D eigenvalue weighted by Crippen LogP contribution is 2.27. The zero-order valence-electron chi connectivity index (χ0n) is 13.8. The number of nitrogens with one attached hydrogen (secondary N) is 1. The van der Waals surface area contributed by atoms with Crippen molar-refractivity contribution >= 4 is 5.91 Å². The summed E-state index contributed by atoms with van der Waals surface area (Å²) in [5.41, 5.74) is 2.07. The zero-order chi connectivity index (χ0) is 16.8. The number of carbonyl (C=O) groups excluding carboxylic acids is 1. The molecule has 1 amide bonds. The molecule has 0 aliphatic carbocycles. The van der Waals surface area contributed by atoms with E-state index in [1.54, 1.807) is 26.4 Å². The van der Waals surface area contributed by atoms with Gasteiger partial charge in [-0.1, -0.05) is 19.9 Å². The van der Waals surface area contributed by atoms with Gasteiger partial charge in [-0.15, -0.1) is 5.10 Å². The molecule has 23 heavy (non-hydrogen) atoms. The summed E-state index contributed by atoms with van der Waals surface area (Å²) < 4.78 is 10.4. The van der Waals surface area contributed by atoms with Gasteiger partial charge in [0.15, 0.2) is 17.2 Å². The lowest BCUT2D eigenvalue weighted by Crippen LogP contribution is -2.24. The summed E-state index contributed by atoms with van der Waals surface area (Å²) in [5, 5.41) is 10.8. The topological polar surface area (TPSA) is 73.3 Å². The van der Waals surface area contributed by atoms with Crippen molar-refractivity contribution in [2.75, 3.05) is 14.2 Å². The molecule has 6 heteroatoms. The summed E-state index contributed by atoms with van der Waals surface area (Å²) in [6, 6.07) is 9.01. The minimum Gasteiger partial charge on any atom is -0.493 e. The number of hydrogen-bond donors (Lipinski definition) is 1. The Labute approximate surface area is 135 Å². The van der Waals surface area contributed by atoms with Crippen molar-refractivity contribution in [1.82, 2.24) is 15.5 Å². The average Bonchev–Trinajstić information content (AvgIpc) is 2.59. The van der Waals surface area contributed by atoms with Gasteiger partial charge in [0.25, 0.3) is 5.91 Å². The van der Waals surface area contributed by atoms with Crippen LogP contribution in [0.4, 0.5) is 0 Å². The fourth-order valence-electron chi connectivity index (χ4n) is 2.04. The number of nitrogens with zero attached hydrogens (tertiary/aromatic N) is 2. The first-order valence-electron chi connectivity index (χ1n) is 7.38. The maximum atomic E-state index is 12.1. The first-order valence-corrected chi connectivity index (χ1v) is 7.38. The molecule has 2 aromatic rings. The third-order valence-corrected chi connectivity index (χ3v) is 3.41. The summed E-state index contributed by atoms with van der Waals surface area (Å²) in [6.45, 7) is 4.43. The molecule has 2 rings (SSSR count). The summed E-state index contributed by atoms with van der Waals surface area (Å²) >= 11 is 0. The molecule has 0 aliphatic rings. The van der Waals surface area contributed by atoms with Crippen LogP contribution < -0.4 is 14.8 Å². The van der Waals surface area contributed by atoms with E-state index >= 15 is 0 Å². The second-order valence-corrected chi connectivity index (χ2v) is 5.37. The van der Waals surface area contributed by atoms with Crippen LogP contribution in [-0.2, 0) is 6.54 Å². The molecule has 1 N–H and O–H groups in total. The first kappa shape index (κ1) is 16.7. The van der Waals surface area contributed by atoms with Gasteiger partial charge in [-0.25, -0.2) is 0 Å². The molecular weight excluding hydrogens is 294 g/mol. The molecule has 0 saturated carbocycles. The van der Waals surface area contributed by atoms with Crippen LogP contribution in [-0.4, -0.2) is 30.3 Å². The third kappa shape index (κ3) is 4.18. The number of benzene rings is 1. The van der Waals surface area contributed by atoms with E-state index in [9.17, 15) is 4.79 Å². The van der Waals surface area contributed by atoms with E-state index in [4.69, 9.17) is 9.47 Å². The zero-order valence-corrected chi connectivity index (χ0v) is 13.8. The Bertz CT molecular complexity index is 669. The quantitative estimate of drug-likeness (QED) is 0.887. The molecule has 6 nitrogen and oxygen atoms in total. The first-order chi connectivity index (χ1) is 11.0. The minimum atomic E-state index is -0.261. The molecule has 1 aromatic heterocycles. The predicted molar refractivity (Wildman–Crippen MR) is 86.8 cm³/mol. The third-order valence-electron chi connectivity index (χ3n) is 3.41. The summed E-state index contributed by atoms with van der Waals surface area (Å²) in [5.74, 6) is 1.30. The standard InChI is InChI=1S/C17H21N3O3/c1-11(2)13-6-7-14(20-19-13)17(21)18-10-12-5-8-15(22-3)16(9-12)23-4/h5-9,11H,10H2,1-4H3,(H,18,21). The van der Waals surface area contributed by atoms with Gasteiger partial charge in [0.2, 0.25) is 0 Å². The number of ether oxygens (including phenoxy) is 2. The Kier molecular flexibility index (Phi) is 5.51. The second kappa shape index (κ2) is 7.58. The lowest BCUT2D eigenvalue weighted by atomic mass is 10.1. The molecule has 0 saturated heterocycles. The van der Waals surface area contributed by atoms with Gasteiger partial charge in [-0.2, -0.15) is 5.10 Å². The van der Waals surface area contributed by atoms with Crippen molar-refractivity contribution < 1.29 is 14.3 Å². The maximum absolute atomic E-state index is 12.1. The predicted octanol–water partition coefficient (Wildman–Crippen LogP) is 2.55. The van der Waals surface area contributed by atoms with Gasteiger partial charge < -0.3 is 14.8 Å². The number of rotatable bonds is 6. The fourth-order valence-corrected chi connectivity index (χ4v) is 2.04. The average molecular weight is 315 g/mol. The lowest BCUT2D eigenvalue weighted by molar-refractivity contribution is 0.0944. The fraction of sp³-hybridized carbons (Fsp3) is 0.353. The lowest BCUT2D eigenvalue weighted by Gasteiger charge is -2.10. The van der Waals surface area contributed by atoms with Gasteiger partial charge >= 0.3 is 0 Å². The maximum Gasteiger partial charge on any atom is 0.272 e. The van der Waals surface area contributed by atoms with Crippen molar-refractivity contribution in [2.45, 2.75) is 26.3 Å². The van der Waals surface area contributed by atoms with Crippen LogP contribution in [0.5, 0.6) is 11.5 Å². The minimum absolute atomic E-state index is 0.261.